The van der Waals surface area contributed by atoms with Gasteiger partial charge < -0.3 is 11.5 Å². The van der Waals surface area contributed by atoms with Gasteiger partial charge in [-0.25, -0.2) is 0 Å². The van der Waals surface area contributed by atoms with Crippen LogP contribution in [0.2, 0.25) is 0 Å². The third-order valence-electron chi connectivity index (χ3n) is 2.41. The molecule has 0 bridgehead atoms. The summed E-state index contributed by atoms with van der Waals surface area (Å²) in [6.45, 7) is 11.3. The van der Waals surface area contributed by atoms with Crippen LogP contribution in [0.15, 0.2) is 60.0 Å². The lowest BCUT2D eigenvalue weighted by molar-refractivity contribution is 0.899. The van der Waals surface area contributed by atoms with E-state index in [1.165, 1.54) is 11.1 Å². The zero-order chi connectivity index (χ0) is 12.6. The zero-order valence-corrected chi connectivity index (χ0v) is 10.3. The molecule has 4 N–H and O–H groups in total. The van der Waals surface area contributed by atoms with Crippen LogP contribution in [0, 0.1) is 0 Å². The van der Waals surface area contributed by atoms with Crippen molar-refractivity contribution in [2.45, 2.75) is 26.7 Å². The molecule has 0 amide bonds. The Bertz CT molecular complexity index is 340. The van der Waals surface area contributed by atoms with E-state index in [1.54, 1.807) is 6.08 Å². The highest BCUT2D eigenvalue weighted by molar-refractivity contribution is 5.32. The molecule has 0 rings (SSSR count). The monoisotopic (exact) mass is 218 g/mol. The van der Waals surface area contributed by atoms with Gasteiger partial charge in [-0.1, -0.05) is 37.5 Å². The predicted octanol–water partition coefficient (Wildman–Crippen LogP) is 3.16. The quantitative estimate of drug-likeness (QED) is 0.673. The molecule has 88 valence electrons. The standard InChI is InChI=1S/C14H22N2/c1-5-7-8-11(3)13(6-2)9-10-14(16)12(4)15/h5-8H,1-2,9-10,15-16H2,3-4H3/b8-7-,13-11+,14-12-. The summed E-state index contributed by atoms with van der Waals surface area (Å²) in [4.78, 5) is 0. The van der Waals surface area contributed by atoms with Gasteiger partial charge in [0.1, 0.15) is 0 Å². The molecule has 0 atom stereocenters. The van der Waals surface area contributed by atoms with Crippen LogP contribution in [0.25, 0.3) is 0 Å². The van der Waals surface area contributed by atoms with E-state index in [0.717, 1.165) is 18.5 Å². The van der Waals surface area contributed by atoms with Crippen molar-refractivity contribution in [3.05, 3.63) is 60.0 Å². The van der Waals surface area contributed by atoms with Gasteiger partial charge in [0, 0.05) is 11.4 Å². The molecule has 0 aromatic carbocycles. The smallest absolute Gasteiger partial charge is 0.0271 e. The molecular weight excluding hydrogens is 196 g/mol. The minimum Gasteiger partial charge on any atom is -0.401 e. The van der Waals surface area contributed by atoms with Gasteiger partial charge in [-0.05, 0) is 37.8 Å². The second-order valence-electron chi connectivity index (χ2n) is 3.72. The number of hydrogen-bond donors (Lipinski definition) is 2. The number of allylic oxidation sites excluding steroid dienone is 8. The molecule has 16 heavy (non-hydrogen) atoms. The predicted molar refractivity (Wildman–Crippen MR) is 72.5 cm³/mol. The Kier molecular flexibility index (Phi) is 6.77. The molecule has 0 aliphatic rings. The molecular formula is C14H22N2. The van der Waals surface area contributed by atoms with Crippen molar-refractivity contribution < 1.29 is 0 Å². The van der Waals surface area contributed by atoms with Gasteiger partial charge in [-0.2, -0.15) is 0 Å². The minimum absolute atomic E-state index is 0.697. The van der Waals surface area contributed by atoms with Gasteiger partial charge in [-0.3, -0.25) is 0 Å². The highest BCUT2D eigenvalue weighted by Crippen LogP contribution is 2.16. The van der Waals surface area contributed by atoms with Gasteiger partial charge in [0.15, 0.2) is 0 Å². The molecule has 0 unspecified atom stereocenters. The molecule has 0 aliphatic heterocycles. The van der Waals surface area contributed by atoms with E-state index in [2.05, 4.69) is 13.2 Å². The van der Waals surface area contributed by atoms with Crippen LogP contribution in [-0.4, -0.2) is 0 Å². The van der Waals surface area contributed by atoms with Crippen LogP contribution < -0.4 is 11.5 Å². The van der Waals surface area contributed by atoms with Gasteiger partial charge in [0.05, 0.1) is 0 Å². The highest BCUT2D eigenvalue weighted by Gasteiger charge is 1.99. The van der Waals surface area contributed by atoms with Crippen molar-refractivity contribution in [3.63, 3.8) is 0 Å². The average molecular weight is 218 g/mol. The van der Waals surface area contributed by atoms with E-state index in [0.29, 0.717) is 5.70 Å². The zero-order valence-electron chi connectivity index (χ0n) is 10.3. The number of hydrogen-bond acceptors (Lipinski definition) is 2. The first kappa shape index (κ1) is 14.3. The van der Waals surface area contributed by atoms with Crippen molar-refractivity contribution in [1.29, 1.82) is 0 Å². The summed E-state index contributed by atoms with van der Waals surface area (Å²) in [7, 11) is 0. The fourth-order valence-corrected chi connectivity index (χ4v) is 1.25. The van der Waals surface area contributed by atoms with E-state index in [4.69, 9.17) is 11.5 Å². The minimum atomic E-state index is 0.697. The molecule has 2 heteroatoms. The first-order chi connectivity index (χ1) is 7.52. The van der Waals surface area contributed by atoms with E-state index < -0.39 is 0 Å². The third-order valence-corrected chi connectivity index (χ3v) is 2.41. The molecule has 0 aromatic rings. The summed E-state index contributed by atoms with van der Waals surface area (Å²) in [5.41, 5.74) is 15.2. The van der Waals surface area contributed by atoms with Crippen LogP contribution in [-0.2, 0) is 0 Å². The van der Waals surface area contributed by atoms with Crippen molar-refractivity contribution >= 4 is 0 Å². The Hall–Kier alpha value is -1.70. The molecule has 0 fully saturated rings. The largest absolute Gasteiger partial charge is 0.401 e. The summed E-state index contributed by atoms with van der Waals surface area (Å²) in [6.07, 6.45) is 9.16. The molecule has 0 aromatic heterocycles. The van der Waals surface area contributed by atoms with Crippen LogP contribution in [0.1, 0.15) is 26.7 Å². The fourth-order valence-electron chi connectivity index (χ4n) is 1.25. The normalized spacial score (nSPS) is 14.4. The Morgan fingerprint density at radius 2 is 1.75 bits per heavy atom. The lowest BCUT2D eigenvalue weighted by atomic mass is 10.0. The Balaban J connectivity index is 4.64. The SMILES string of the molecule is C=C/C=C\C(C)=C(/C=C)CC/C(N)=C(\C)N. The van der Waals surface area contributed by atoms with Crippen LogP contribution in [0.3, 0.4) is 0 Å². The lowest BCUT2D eigenvalue weighted by Crippen LogP contribution is -2.07. The van der Waals surface area contributed by atoms with E-state index in [1.807, 2.05) is 32.1 Å². The van der Waals surface area contributed by atoms with Gasteiger partial charge in [0.2, 0.25) is 0 Å². The Labute approximate surface area is 98.7 Å². The number of rotatable bonds is 6. The molecule has 0 radical (unpaired) electrons. The average Bonchev–Trinajstić information content (AvgIpc) is 2.26. The van der Waals surface area contributed by atoms with Gasteiger partial charge in [0.25, 0.3) is 0 Å². The Morgan fingerprint density at radius 3 is 2.19 bits per heavy atom. The van der Waals surface area contributed by atoms with E-state index in [-0.39, 0.29) is 0 Å². The molecule has 2 nitrogen and oxygen atoms in total. The lowest BCUT2D eigenvalue weighted by Gasteiger charge is -2.07. The summed E-state index contributed by atoms with van der Waals surface area (Å²) in [5, 5.41) is 0. The summed E-state index contributed by atoms with van der Waals surface area (Å²) in [5.74, 6) is 0. The van der Waals surface area contributed by atoms with Crippen molar-refractivity contribution in [1.82, 2.24) is 0 Å². The van der Waals surface area contributed by atoms with E-state index >= 15 is 0 Å². The van der Waals surface area contributed by atoms with Crippen molar-refractivity contribution in [3.8, 4) is 0 Å². The molecule has 0 spiro atoms. The summed E-state index contributed by atoms with van der Waals surface area (Å²) < 4.78 is 0. The van der Waals surface area contributed by atoms with Gasteiger partial charge in [-0.15, -0.1) is 0 Å². The highest BCUT2D eigenvalue weighted by atomic mass is 14.7. The fraction of sp³-hybridized carbons (Fsp3) is 0.286. The molecule has 0 heterocycles. The maximum Gasteiger partial charge on any atom is 0.0271 e. The first-order valence-corrected chi connectivity index (χ1v) is 5.34. The molecule has 0 aliphatic carbocycles. The number of nitrogens with two attached hydrogens (primary N) is 2. The maximum atomic E-state index is 5.78. The van der Waals surface area contributed by atoms with Crippen molar-refractivity contribution in [2.24, 2.45) is 11.5 Å². The molecule has 0 saturated carbocycles. The third kappa shape index (κ3) is 5.25. The maximum absolute atomic E-state index is 5.78. The Morgan fingerprint density at radius 1 is 1.12 bits per heavy atom. The summed E-state index contributed by atoms with van der Waals surface area (Å²) in [6, 6.07) is 0. The van der Waals surface area contributed by atoms with Crippen LogP contribution >= 0.6 is 0 Å². The van der Waals surface area contributed by atoms with E-state index in [9.17, 15) is 0 Å². The second-order valence-corrected chi connectivity index (χ2v) is 3.72. The summed E-state index contributed by atoms with van der Waals surface area (Å²) >= 11 is 0. The topological polar surface area (TPSA) is 52.0 Å². The second kappa shape index (κ2) is 7.57. The van der Waals surface area contributed by atoms with Crippen LogP contribution in [0.4, 0.5) is 0 Å². The van der Waals surface area contributed by atoms with Gasteiger partial charge >= 0.3 is 0 Å². The first-order valence-electron chi connectivity index (χ1n) is 5.34. The van der Waals surface area contributed by atoms with Crippen molar-refractivity contribution in [2.75, 3.05) is 0 Å². The van der Waals surface area contributed by atoms with Crippen LogP contribution in [0.5, 0.6) is 0 Å². The molecule has 0 saturated heterocycles.